The third-order valence-electron chi connectivity index (χ3n) is 5.74. The maximum atomic E-state index is 11.0. The van der Waals surface area contributed by atoms with Crippen molar-refractivity contribution in [2.75, 3.05) is 26.3 Å². The molecule has 31 heavy (non-hydrogen) atoms. The minimum Gasteiger partial charge on any atom is -0.492 e. The van der Waals surface area contributed by atoms with Gasteiger partial charge in [0.2, 0.25) is 0 Å². The minimum atomic E-state index is -0.817. The van der Waals surface area contributed by atoms with Gasteiger partial charge >= 0.3 is 0 Å². The molecule has 1 saturated heterocycles. The number of hydrogen-bond donors (Lipinski definition) is 1. The number of hydrogen-bond acceptors (Lipinski definition) is 5. The molecule has 6 nitrogen and oxygen atoms in total. The topological polar surface area (TPSA) is 59.8 Å². The first kappa shape index (κ1) is 21.4. The van der Waals surface area contributed by atoms with E-state index < -0.39 is 5.60 Å². The van der Waals surface area contributed by atoms with E-state index in [1.807, 2.05) is 55.6 Å². The summed E-state index contributed by atoms with van der Waals surface area (Å²) in [6.07, 6.45) is 5.50. The van der Waals surface area contributed by atoms with Crippen LogP contribution in [0.25, 0.3) is 0 Å². The zero-order valence-corrected chi connectivity index (χ0v) is 18.1. The van der Waals surface area contributed by atoms with Gasteiger partial charge in [0.05, 0.1) is 6.54 Å². The molecule has 1 atom stereocenters. The fourth-order valence-electron chi connectivity index (χ4n) is 4.04. The zero-order chi connectivity index (χ0) is 21.5. The van der Waals surface area contributed by atoms with Gasteiger partial charge in [0, 0.05) is 25.5 Å². The molecule has 2 aromatic carbocycles. The second-order valence-electron chi connectivity index (χ2n) is 8.30. The molecule has 0 unspecified atom stereocenters. The molecule has 0 aliphatic carbocycles. The van der Waals surface area contributed by atoms with E-state index in [0.29, 0.717) is 19.8 Å². The first-order chi connectivity index (χ1) is 15.1. The Morgan fingerprint density at radius 1 is 1.03 bits per heavy atom. The predicted molar refractivity (Wildman–Crippen MR) is 120 cm³/mol. The molecule has 0 amide bonds. The van der Waals surface area contributed by atoms with E-state index in [2.05, 4.69) is 26.6 Å². The summed E-state index contributed by atoms with van der Waals surface area (Å²) in [7, 11) is 0. The number of nitrogens with zero attached hydrogens (tertiary/aromatic N) is 3. The minimum absolute atomic E-state index is 0.316. The average Bonchev–Trinajstić information content (AvgIpc) is 3.19. The summed E-state index contributed by atoms with van der Waals surface area (Å²) < 4.78 is 13.8. The fraction of sp³-hybridized carbons (Fsp3) is 0.400. The Morgan fingerprint density at radius 3 is 2.55 bits per heavy atom. The normalized spacial score (nSPS) is 19.3. The molecule has 0 spiro atoms. The van der Waals surface area contributed by atoms with Crippen LogP contribution in [0, 0.1) is 6.92 Å². The van der Waals surface area contributed by atoms with Gasteiger partial charge in [-0.2, -0.15) is 0 Å². The van der Waals surface area contributed by atoms with Crippen molar-refractivity contribution in [3.8, 4) is 11.5 Å². The van der Waals surface area contributed by atoms with Crippen molar-refractivity contribution in [3.63, 3.8) is 0 Å². The van der Waals surface area contributed by atoms with Crippen LogP contribution < -0.4 is 9.47 Å². The average molecular weight is 422 g/mol. The van der Waals surface area contributed by atoms with Crippen molar-refractivity contribution in [3.05, 3.63) is 78.4 Å². The highest BCUT2D eigenvalue weighted by Gasteiger charge is 2.34. The summed E-state index contributed by atoms with van der Waals surface area (Å²) in [6, 6.07) is 17.9. The van der Waals surface area contributed by atoms with Gasteiger partial charge in [-0.1, -0.05) is 30.3 Å². The van der Waals surface area contributed by atoms with Crippen molar-refractivity contribution in [2.24, 2.45) is 0 Å². The monoisotopic (exact) mass is 421 g/mol. The number of imidazole rings is 1. The zero-order valence-electron chi connectivity index (χ0n) is 18.1. The van der Waals surface area contributed by atoms with Crippen LogP contribution in [0.15, 0.2) is 67.0 Å². The standard InChI is InChI=1S/C25H31N3O3/c1-21-26-13-15-28(21)16-17-30-24-10-8-22(9-11-24)18-27-14-5-12-25(29,19-27)20-31-23-6-3-2-4-7-23/h2-4,6-11,13,15,29H,5,12,14,16-20H2,1H3/t25-/m0/s1. The third kappa shape index (κ3) is 6.09. The number of aliphatic hydroxyl groups is 1. The summed E-state index contributed by atoms with van der Waals surface area (Å²) in [5, 5.41) is 11.0. The summed E-state index contributed by atoms with van der Waals surface area (Å²) >= 11 is 0. The first-order valence-corrected chi connectivity index (χ1v) is 10.9. The highest BCUT2D eigenvalue weighted by atomic mass is 16.5. The second-order valence-corrected chi connectivity index (χ2v) is 8.30. The maximum Gasteiger partial charge on any atom is 0.119 e. The molecule has 0 saturated carbocycles. The Morgan fingerprint density at radius 2 is 1.81 bits per heavy atom. The van der Waals surface area contributed by atoms with Crippen LogP contribution in [-0.2, 0) is 13.1 Å². The Balaban J connectivity index is 1.25. The molecule has 1 fully saturated rings. The molecule has 0 bridgehead atoms. The smallest absolute Gasteiger partial charge is 0.119 e. The van der Waals surface area contributed by atoms with E-state index in [-0.39, 0.29) is 0 Å². The van der Waals surface area contributed by atoms with Crippen molar-refractivity contribution in [1.29, 1.82) is 0 Å². The number of aryl methyl sites for hydroxylation is 1. The molecule has 6 heteroatoms. The molecule has 2 heterocycles. The van der Waals surface area contributed by atoms with Gasteiger partial charge in [0.25, 0.3) is 0 Å². The van der Waals surface area contributed by atoms with Crippen molar-refractivity contribution in [1.82, 2.24) is 14.5 Å². The lowest BCUT2D eigenvalue weighted by molar-refractivity contribution is -0.0621. The Hall–Kier alpha value is -2.83. The van der Waals surface area contributed by atoms with Crippen LogP contribution in [0.5, 0.6) is 11.5 Å². The van der Waals surface area contributed by atoms with Gasteiger partial charge in [-0.15, -0.1) is 0 Å². The molecule has 164 valence electrons. The van der Waals surface area contributed by atoms with Crippen LogP contribution in [0.1, 0.15) is 24.2 Å². The summed E-state index contributed by atoms with van der Waals surface area (Å²) in [4.78, 5) is 6.52. The van der Waals surface area contributed by atoms with E-state index in [0.717, 1.165) is 49.8 Å². The number of ether oxygens (including phenoxy) is 2. The lowest BCUT2D eigenvalue weighted by atomic mass is 9.93. The lowest BCUT2D eigenvalue weighted by Crippen LogP contribution is -2.51. The maximum absolute atomic E-state index is 11.0. The van der Waals surface area contributed by atoms with Crippen molar-refractivity contribution in [2.45, 2.75) is 38.5 Å². The number of aromatic nitrogens is 2. The molecule has 1 aliphatic heterocycles. The largest absolute Gasteiger partial charge is 0.492 e. The van der Waals surface area contributed by atoms with Crippen LogP contribution in [-0.4, -0.2) is 51.5 Å². The third-order valence-corrected chi connectivity index (χ3v) is 5.74. The van der Waals surface area contributed by atoms with Crippen LogP contribution in [0.3, 0.4) is 0 Å². The van der Waals surface area contributed by atoms with Crippen LogP contribution in [0.2, 0.25) is 0 Å². The van der Waals surface area contributed by atoms with E-state index in [1.54, 1.807) is 6.20 Å². The Kier molecular flexibility index (Phi) is 6.89. The van der Waals surface area contributed by atoms with E-state index in [4.69, 9.17) is 9.47 Å². The lowest BCUT2D eigenvalue weighted by Gasteiger charge is -2.39. The van der Waals surface area contributed by atoms with E-state index in [1.165, 1.54) is 5.56 Å². The molecular formula is C25H31N3O3. The van der Waals surface area contributed by atoms with Crippen molar-refractivity contribution < 1.29 is 14.6 Å². The molecule has 4 rings (SSSR count). The molecule has 0 radical (unpaired) electrons. The molecule has 1 aliphatic rings. The second kappa shape index (κ2) is 9.98. The highest BCUT2D eigenvalue weighted by molar-refractivity contribution is 5.27. The van der Waals surface area contributed by atoms with Crippen LogP contribution >= 0.6 is 0 Å². The Bertz CT molecular complexity index is 942. The summed E-state index contributed by atoms with van der Waals surface area (Å²) in [6.45, 7) is 6.10. The number of rotatable bonds is 9. The summed E-state index contributed by atoms with van der Waals surface area (Å²) in [5.74, 6) is 2.66. The number of likely N-dealkylation sites (tertiary alicyclic amines) is 1. The first-order valence-electron chi connectivity index (χ1n) is 10.9. The van der Waals surface area contributed by atoms with Gasteiger partial charge < -0.3 is 19.1 Å². The van der Waals surface area contributed by atoms with Crippen LogP contribution in [0.4, 0.5) is 0 Å². The molecular weight excluding hydrogens is 390 g/mol. The fourth-order valence-corrected chi connectivity index (χ4v) is 4.04. The molecule has 1 N–H and O–H groups in total. The highest BCUT2D eigenvalue weighted by Crippen LogP contribution is 2.24. The molecule has 1 aromatic heterocycles. The van der Waals surface area contributed by atoms with Gasteiger partial charge in [-0.25, -0.2) is 4.98 Å². The quantitative estimate of drug-likeness (QED) is 0.571. The number of β-amino-alcohol motifs (C(OH)–C–C–N with tert-alkyl or cyclic N) is 1. The van der Waals surface area contributed by atoms with Gasteiger partial charge in [-0.05, 0) is 56.1 Å². The molecule has 3 aromatic rings. The Labute approximate surface area is 184 Å². The predicted octanol–water partition coefficient (Wildman–Crippen LogP) is 3.68. The number of para-hydroxylation sites is 1. The van der Waals surface area contributed by atoms with Gasteiger partial charge in [-0.3, -0.25) is 4.90 Å². The van der Waals surface area contributed by atoms with Gasteiger partial charge in [0.1, 0.15) is 36.1 Å². The van der Waals surface area contributed by atoms with E-state index in [9.17, 15) is 5.11 Å². The van der Waals surface area contributed by atoms with E-state index >= 15 is 0 Å². The summed E-state index contributed by atoms with van der Waals surface area (Å²) in [5.41, 5.74) is 0.397. The van der Waals surface area contributed by atoms with Crippen molar-refractivity contribution >= 4 is 0 Å². The number of benzene rings is 2. The van der Waals surface area contributed by atoms with Gasteiger partial charge in [0.15, 0.2) is 0 Å². The number of piperidine rings is 1. The SMILES string of the molecule is Cc1nccn1CCOc1ccc(CN2CCC[C@@](O)(COc3ccccc3)C2)cc1.